The first kappa shape index (κ1) is 28.2. The Kier molecular flexibility index (Phi) is 8.38. The van der Waals surface area contributed by atoms with Crippen molar-refractivity contribution in [1.29, 1.82) is 0 Å². The topological polar surface area (TPSA) is 81.1 Å². The van der Waals surface area contributed by atoms with Gasteiger partial charge in [-0.05, 0) is 111 Å². The number of aryl methyl sites for hydroxylation is 2. The number of esters is 1. The van der Waals surface area contributed by atoms with Crippen LogP contribution in [-0.2, 0) is 24.0 Å². The summed E-state index contributed by atoms with van der Waals surface area (Å²) in [6.07, 6.45) is 7.79. The van der Waals surface area contributed by atoms with Gasteiger partial charge in [0.1, 0.15) is 5.56 Å². The fourth-order valence-electron chi connectivity index (χ4n) is 6.77. The van der Waals surface area contributed by atoms with E-state index in [-0.39, 0.29) is 12.0 Å². The van der Waals surface area contributed by atoms with Gasteiger partial charge in [0, 0.05) is 11.3 Å². The summed E-state index contributed by atoms with van der Waals surface area (Å²) in [5.74, 6) is 1.01. The van der Waals surface area contributed by atoms with Crippen molar-refractivity contribution in [1.82, 2.24) is 20.1 Å². The second-order valence-electron chi connectivity index (χ2n) is 11.3. The van der Waals surface area contributed by atoms with Gasteiger partial charge in [-0.2, -0.15) is 5.10 Å². The minimum absolute atomic E-state index is 0.211. The Morgan fingerprint density at radius 2 is 1.86 bits per heavy atom. The number of rotatable bonds is 9. The number of piperidine rings is 1. The molecule has 7 heteroatoms. The number of ether oxygens (including phenoxy) is 1. The van der Waals surface area contributed by atoms with E-state index in [9.17, 15) is 4.79 Å². The van der Waals surface area contributed by atoms with Gasteiger partial charge in [0.25, 0.3) is 0 Å². The molecule has 0 radical (unpaired) electrons. The van der Waals surface area contributed by atoms with Gasteiger partial charge in [0.05, 0.1) is 30.2 Å². The standard InChI is InChI=1S/C35H41N5O2/c1-4-23-21-26(14-15-27(23)24-17-19-36-20-18-24)38-31-16-13-25-9-7-10-28(34(25)31)30-11-8-12-33(39-30)40-32(5-2)29(22-37-40)35(41)42-6-3/h7-12,14-15,21-22,24,31,36,38H,4-6,13,16-20H2,1-3H3. The van der Waals surface area contributed by atoms with E-state index in [1.807, 2.05) is 26.0 Å². The molecule has 2 aromatic heterocycles. The quantitative estimate of drug-likeness (QED) is 0.218. The third kappa shape index (κ3) is 5.45. The van der Waals surface area contributed by atoms with Crippen LogP contribution >= 0.6 is 0 Å². The zero-order valence-electron chi connectivity index (χ0n) is 25.0. The van der Waals surface area contributed by atoms with Crippen LogP contribution in [0.25, 0.3) is 17.1 Å². The average Bonchev–Trinajstić information content (AvgIpc) is 3.66. The van der Waals surface area contributed by atoms with Crippen LogP contribution in [-0.4, -0.2) is 40.4 Å². The molecule has 1 atom stereocenters. The summed E-state index contributed by atoms with van der Waals surface area (Å²) in [6.45, 7) is 8.65. The number of pyridine rings is 1. The van der Waals surface area contributed by atoms with Crippen LogP contribution in [0.2, 0.25) is 0 Å². The first-order valence-corrected chi connectivity index (χ1v) is 15.5. The summed E-state index contributed by atoms with van der Waals surface area (Å²) < 4.78 is 7.02. The van der Waals surface area contributed by atoms with Crippen molar-refractivity contribution >= 4 is 11.7 Å². The monoisotopic (exact) mass is 563 g/mol. The van der Waals surface area contributed by atoms with E-state index < -0.39 is 0 Å². The third-order valence-corrected chi connectivity index (χ3v) is 8.82. The number of benzene rings is 2. The number of hydrogen-bond donors (Lipinski definition) is 2. The molecule has 1 aliphatic carbocycles. The number of carbonyl (C=O) groups is 1. The molecule has 1 fully saturated rings. The molecule has 218 valence electrons. The molecule has 7 nitrogen and oxygen atoms in total. The molecule has 2 aromatic carbocycles. The number of anilines is 1. The zero-order chi connectivity index (χ0) is 29.1. The summed E-state index contributed by atoms with van der Waals surface area (Å²) in [4.78, 5) is 17.6. The molecular weight excluding hydrogens is 522 g/mol. The number of nitrogens with zero attached hydrogens (tertiary/aromatic N) is 3. The molecule has 2 aliphatic rings. The van der Waals surface area contributed by atoms with E-state index in [2.05, 4.69) is 65.1 Å². The Labute approximate surface area is 248 Å². The highest BCUT2D eigenvalue weighted by molar-refractivity contribution is 5.90. The van der Waals surface area contributed by atoms with Crippen molar-refractivity contribution in [3.8, 4) is 17.1 Å². The normalized spacial score (nSPS) is 16.8. The molecule has 0 saturated carbocycles. The maximum atomic E-state index is 12.5. The van der Waals surface area contributed by atoms with Gasteiger partial charge < -0.3 is 15.4 Å². The minimum atomic E-state index is -0.346. The van der Waals surface area contributed by atoms with Crippen LogP contribution in [0.1, 0.15) is 90.3 Å². The van der Waals surface area contributed by atoms with Gasteiger partial charge >= 0.3 is 5.97 Å². The van der Waals surface area contributed by atoms with E-state index in [1.165, 1.54) is 40.8 Å². The van der Waals surface area contributed by atoms with Gasteiger partial charge in [-0.1, -0.05) is 44.2 Å². The van der Waals surface area contributed by atoms with Crippen molar-refractivity contribution in [2.45, 2.75) is 71.3 Å². The van der Waals surface area contributed by atoms with Gasteiger partial charge in [0.15, 0.2) is 5.82 Å². The molecule has 3 heterocycles. The fraction of sp³-hybridized carbons (Fsp3) is 0.400. The van der Waals surface area contributed by atoms with Crippen LogP contribution in [0, 0.1) is 0 Å². The second-order valence-corrected chi connectivity index (χ2v) is 11.3. The Morgan fingerprint density at radius 1 is 1.02 bits per heavy atom. The molecule has 42 heavy (non-hydrogen) atoms. The lowest BCUT2D eigenvalue weighted by Crippen LogP contribution is -2.27. The maximum Gasteiger partial charge on any atom is 0.341 e. The molecule has 1 unspecified atom stereocenters. The lowest BCUT2D eigenvalue weighted by Gasteiger charge is -2.26. The van der Waals surface area contributed by atoms with Gasteiger partial charge in [-0.3, -0.25) is 0 Å². The van der Waals surface area contributed by atoms with Crippen LogP contribution in [0.3, 0.4) is 0 Å². The molecule has 2 N–H and O–H groups in total. The molecule has 4 aromatic rings. The van der Waals surface area contributed by atoms with Crippen molar-refractivity contribution in [2.75, 3.05) is 25.0 Å². The molecule has 0 amide bonds. The Bertz CT molecular complexity index is 1570. The minimum Gasteiger partial charge on any atom is -0.462 e. The van der Waals surface area contributed by atoms with E-state index in [1.54, 1.807) is 10.9 Å². The number of fused-ring (bicyclic) bond motifs is 1. The summed E-state index contributed by atoms with van der Waals surface area (Å²) in [7, 11) is 0. The van der Waals surface area contributed by atoms with Crippen LogP contribution in [0.4, 0.5) is 5.69 Å². The van der Waals surface area contributed by atoms with E-state index >= 15 is 0 Å². The SMILES string of the molecule is CCOC(=O)c1cnn(-c2cccc(-c3cccc4c3C(Nc3ccc(C5CCNCC5)c(CC)c3)CC4)n2)c1CC. The molecule has 6 rings (SSSR count). The molecule has 0 bridgehead atoms. The highest BCUT2D eigenvalue weighted by atomic mass is 16.5. The van der Waals surface area contributed by atoms with E-state index in [4.69, 9.17) is 9.72 Å². The molecule has 0 spiro atoms. The predicted octanol–water partition coefficient (Wildman–Crippen LogP) is 6.80. The summed E-state index contributed by atoms with van der Waals surface area (Å²) in [5.41, 5.74) is 10.2. The highest BCUT2D eigenvalue weighted by Gasteiger charge is 2.27. The van der Waals surface area contributed by atoms with Crippen molar-refractivity contribution in [3.05, 3.63) is 94.3 Å². The van der Waals surface area contributed by atoms with E-state index in [0.29, 0.717) is 30.3 Å². The maximum absolute atomic E-state index is 12.5. The van der Waals surface area contributed by atoms with Gasteiger partial charge in [0.2, 0.25) is 0 Å². The number of aromatic nitrogens is 3. The van der Waals surface area contributed by atoms with Crippen molar-refractivity contribution < 1.29 is 9.53 Å². The van der Waals surface area contributed by atoms with Crippen LogP contribution in [0.5, 0.6) is 0 Å². The Morgan fingerprint density at radius 3 is 2.64 bits per heavy atom. The molecular formula is C35H41N5O2. The lowest BCUT2D eigenvalue weighted by molar-refractivity contribution is 0.0525. The second kappa shape index (κ2) is 12.5. The van der Waals surface area contributed by atoms with Crippen LogP contribution in [0.15, 0.2) is 60.8 Å². The number of hydrogen-bond acceptors (Lipinski definition) is 6. The smallest absolute Gasteiger partial charge is 0.341 e. The van der Waals surface area contributed by atoms with Gasteiger partial charge in [-0.15, -0.1) is 0 Å². The predicted molar refractivity (Wildman–Crippen MR) is 167 cm³/mol. The first-order chi connectivity index (χ1) is 20.6. The lowest BCUT2D eigenvalue weighted by atomic mass is 9.86. The summed E-state index contributed by atoms with van der Waals surface area (Å²) in [5, 5.41) is 11.9. The molecule has 1 aliphatic heterocycles. The Hall–Kier alpha value is -3.97. The largest absolute Gasteiger partial charge is 0.462 e. The molecule has 1 saturated heterocycles. The summed E-state index contributed by atoms with van der Waals surface area (Å²) in [6, 6.07) is 19.8. The van der Waals surface area contributed by atoms with Gasteiger partial charge in [-0.25, -0.2) is 14.5 Å². The number of nitrogens with one attached hydrogen (secondary N) is 2. The summed E-state index contributed by atoms with van der Waals surface area (Å²) >= 11 is 0. The zero-order valence-corrected chi connectivity index (χ0v) is 25.0. The van der Waals surface area contributed by atoms with Crippen molar-refractivity contribution in [3.63, 3.8) is 0 Å². The number of carbonyl (C=O) groups excluding carboxylic acids is 1. The highest BCUT2D eigenvalue weighted by Crippen LogP contribution is 2.41. The average molecular weight is 564 g/mol. The fourth-order valence-corrected chi connectivity index (χ4v) is 6.77. The third-order valence-electron chi connectivity index (χ3n) is 8.82. The van der Waals surface area contributed by atoms with Crippen molar-refractivity contribution in [2.24, 2.45) is 0 Å². The first-order valence-electron chi connectivity index (χ1n) is 15.5. The van der Waals surface area contributed by atoms with E-state index in [0.717, 1.165) is 49.3 Å². The van der Waals surface area contributed by atoms with Crippen LogP contribution < -0.4 is 10.6 Å². The Balaban J connectivity index is 1.30.